The summed E-state index contributed by atoms with van der Waals surface area (Å²) in [5.41, 5.74) is 4.24. The Morgan fingerprint density at radius 1 is 1.00 bits per heavy atom. The van der Waals surface area contributed by atoms with Crippen LogP contribution in [0.3, 0.4) is 0 Å². The Balaban J connectivity index is 2.19. The second-order valence-corrected chi connectivity index (χ2v) is 5.26. The van der Waals surface area contributed by atoms with E-state index in [4.69, 9.17) is 0 Å². The summed E-state index contributed by atoms with van der Waals surface area (Å²) in [5, 5.41) is 3.44. The fourth-order valence-electron chi connectivity index (χ4n) is 2.43. The summed E-state index contributed by atoms with van der Waals surface area (Å²) in [6, 6.07) is 17.7. The van der Waals surface area contributed by atoms with E-state index >= 15 is 0 Å². The van der Waals surface area contributed by atoms with Crippen LogP contribution in [0.5, 0.6) is 0 Å². The van der Waals surface area contributed by atoms with E-state index in [0.29, 0.717) is 6.04 Å². The summed E-state index contributed by atoms with van der Waals surface area (Å²) < 4.78 is 0. The highest BCUT2D eigenvalue weighted by molar-refractivity contribution is 7.98. The largest absolute Gasteiger partial charge is 0.309 e. The Bertz CT molecular complexity index is 488. The van der Waals surface area contributed by atoms with Crippen LogP contribution >= 0.6 is 11.8 Å². The molecule has 1 nitrogen and oxygen atoms in total. The van der Waals surface area contributed by atoms with Crippen LogP contribution in [-0.4, -0.2) is 7.05 Å². The fraction of sp³-hybridized carbons (Fsp3) is 0.200. The number of nitrogens with one attached hydrogen (secondary N) is 1. The predicted molar refractivity (Wildman–Crippen MR) is 73.3 cm³/mol. The molecule has 0 aliphatic carbocycles. The highest BCUT2D eigenvalue weighted by atomic mass is 32.2. The average molecular weight is 241 g/mol. The van der Waals surface area contributed by atoms with Gasteiger partial charge in [0.05, 0.1) is 6.04 Å². The zero-order valence-electron chi connectivity index (χ0n) is 9.81. The van der Waals surface area contributed by atoms with Crippen LogP contribution in [-0.2, 0) is 5.75 Å². The predicted octanol–water partition coefficient (Wildman–Crippen LogP) is 3.60. The number of rotatable bonds is 1. The molecular weight excluding hydrogens is 226 g/mol. The summed E-state index contributed by atoms with van der Waals surface area (Å²) in [7, 11) is 2.04. The minimum atomic E-state index is 0.317. The molecule has 2 aromatic carbocycles. The number of thioether (sulfide) groups is 1. The molecule has 0 radical (unpaired) electrons. The van der Waals surface area contributed by atoms with Crippen molar-refractivity contribution in [3.05, 3.63) is 65.2 Å². The van der Waals surface area contributed by atoms with Gasteiger partial charge in [-0.3, -0.25) is 0 Å². The molecule has 0 aromatic heterocycles. The summed E-state index contributed by atoms with van der Waals surface area (Å²) >= 11 is 1.93. The first kappa shape index (κ1) is 10.9. The zero-order valence-corrected chi connectivity index (χ0v) is 10.6. The van der Waals surface area contributed by atoms with Crippen LogP contribution in [0.15, 0.2) is 53.4 Å². The van der Waals surface area contributed by atoms with Gasteiger partial charge in [0.2, 0.25) is 0 Å². The molecule has 1 heterocycles. The van der Waals surface area contributed by atoms with Crippen molar-refractivity contribution in [2.45, 2.75) is 16.7 Å². The molecule has 0 saturated carbocycles. The Morgan fingerprint density at radius 2 is 1.71 bits per heavy atom. The van der Waals surface area contributed by atoms with Gasteiger partial charge in [0.15, 0.2) is 0 Å². The molecule has 86 valence electrons. The second-order valence-electron chi connectivity index (χ2n) is 4.25. The van der Waals surface area contributed by atoms with Gasteiger partial charge in [0.25, 0.3) is 0 Å². The summed E-state index contributed by atoms with van der Waals surface area (Å²) in [6.45, 7) is 0. The molecule has 0 spiro atoms. The Labute approximate surface area is 106 Å². The molecule has 2 aromatic rings. The Morgan fingerprint density at radius 3 is 2.53 bits per heavy atom. The lowest BCUT2D eigenvalue weighted by molar-refractivity contribution is 0.678. The first-order valence-corrected chi connectivity index (χ1v) is 6.85. The molecule has 3 rings (SSSR count). The smallest absolute Gasteiger partial charge is 0.0588 e. The zero-order chi connectivity index (χ0) is 11.7. The first-order chi connectivity index (χ1) is 8.40. The Hall–Kier alpha value is -1.25. The van der Waals surface area contributed by atoms with Crippen LogP contribution in [0.4, 0.5) is 0 Å². The number of hydrogen-bond donors (Lipinski definition) is 1. The number of benzene rings is 2. The maximum absolute atomic E-state index is 3.44. The molecule has 1 aliphatic rings. The van der Waals surface area contributed by atoms with Crippen LogP contribution in [0.25, 0.3) is 0 Å². The molecule has 0 bridgehead atoms. The second kappa shape index (κ2) is 4.55. The van der Waals surface area contributed by atoms with Crippen molar-refractivity contribution < 1.29 is 0 Å². The molecule has 1 aliphatic heterocycles. The third-order valence-corrected chi connectivity index (χ3v) is 4.41. The van der Waals surface area contributed by atoms with Crippen molar-refractivity contribution in [2.24, 2.45) is 0 Å². The summed E-state index contributed by atoms with van der Waals surface area (Å²) in [5.74, 6) is 1.06. The highest BCUT2D eigenvalue weighted by Crippen LogP contribution is 2.38. The van der Waals surface area contributed by atoms with Gasteiger partial charge in [-0.05, 0) is 29.8 Å². The third kappa shape index (κ3) is 1.88. The molecule has 1 atom stereocenters. The highest BCUT2D eigenvalue weighted by Gasteiger charge is 2.21. The van der Waals surface area contributed by atoms with Crippen LogP contribution in [0, 0.1) is 0 Å². The lowest BCUT2D eigenvalue weighted by Crippen LogP contribution is -2.18. The monoisotopic (exact) mass is 241 g/mol. The van der Waals surface area contributed by atoms with E-state index in [9.17, 15) is 0 Å². The summed E-state index contributed by atoms with van der Waals surface area (Å²) in [6.07, 6.45) is 0. The quantitative estimate of drug-likeness (QED) is 0.818. The molecule has 0 amide bonds. The van der Waals surface area contributed by atoms with Gasteiger partial charge in [0, 0.05) is 10.6 Å². The van der Waals surface area contributed by atoms with E-state index in [2.05, 4.69) is 53.8 Å². The van der Waals surface area contributed by atoms with Crippen LogP contribution in [0.1, 0.15) is 22.7 Å². The van der Waals surface area contributed by atoms with Crippen molar-refractivity contribution in [2.75, 3.05) is 7.05 Å². The normalized spacial score (nSPS) is 18.1. The molecule has 0 saturated heterocycles. The first-order valence-electron chi connectivity index (χ1n) is 5.87. The lowest BCUT2D eigenvalue weighted by Gasteiger charge is -2.18. The third-order valence-electron chi connectivity index (χ3n) is 3.27. The minimum Gasteiger partial charge on any atom is -0.309 e. The molecule has 1 N–H and O–H groups in total. The van der Waals surface area contributed by atoms with E-state index in [1.165, 1.54) is 21.6 Å². The number of hydrogen-bond acceptors (Lipinski definition) is 2. The standard InChI is InChI=1S/C15H15NS/c1-16-15-12-7-3-2-6-11(12)10-17-14-9-5-4-8-13(14)15/h2-9,15-16H,10H2,1H3. The van der Waals surface area contributed by atoms with E-state index < -0.39 is 0 Å². The lowest BCUT2D eigenvalue weighted by atomic mass is 9.95. The van der Waals surface area contributed by atoms with Crippen molar-refractivity contribution in [3.63, 3.8) is 0 Å². The van der Waals surface area contributed by atoms with Gasteiger partial charge in [-0.25, -0.2) is 0 Å². The topological polar surface area (TPSA) is 12.0 Å². The molecule has 0 fully saturated rings. The van der Waals surface area contributed by atoms with E-state index in [-0.39, 0.29) is 0 Å². The Kier molecular flexibility index (Phi) is 2.91. The van der Waals surface area contributed by atoms with Crippen LogP contribution in [0.2, 0.25) is 0 Å². The van der Waals surface area contributed by atoms with E-state index in [1.54, 1.807) is 0 Å². The van der Waals surface area contributed by atoms with Crippen molar-refractivity contribution in [1.29, 1.82) is 0 Å². The fourth-order valence-corrected chi connectivity index (χ4v) is 3.53. The minimum absolute atomic E-state index is 0.317. The van der Waals surface area contributed by atoms with Crippen molar-refractivity contribution >= 4 is 11.8 Å². The van der Waals surface area contributed by atoms with Gasteiger partial charge in [-0.1, -0.05) is 42.5 Å². The van der Waals surface area contributed by atoms with Gasteiger partial charge in [-0.15, -0.1) is 11.8 Å². The van der Waals surface area contributed by atoms with Crippen molar-refractivity contribution in [1.82, 2.24) is 5.32 Å². The van der Waals surface area contributed by atoms with Gasteiger partial charge in [-0.2, -0.15) is 0 Å². The molecule has 17 heavy (non-hydrogen) atoms. The average Bonchev–Trinajstić information content (AvgIpc) is 2.55. The van der Waals surface area contributed by atoms with Crippen molar-refractivity contribution in [3.8, 4) is 0 Å². The number of fused-ring (bicyclic) bond motifs is 2. The van der Waals surface area contributed by atoms with Gasteiger partial charge >= 0.3 is 0 Å². The molecule has 1 unspecified atom stereocenters. The molecular formula is C15H15NS. The maximum Gasteiger partial charge on any atom is 0.0588 e. The van der Waals surface area contributed by atoms with Gasteiger partial charge < -0.3 is 5.32 Å². The maximum atomic E-state index is 3.44. The summed E-state index contributed by atoms with van der Waals surface area (Å²) in [4.78, 5) is 1.39. The van der Waals surface area contributed by atoms with Crippen LogP contribution < -0.4 is 5.32 Å². The molecule has 2 heteroatoms. The van der Waals surface area contributed by atoms with E-state index in [0.717, 1.165) is 5.75 Å². The van der Waals surface area contributed by atoms with E-state index in [1.807, 2.05) is 18.8 Å². The van der Waals surface area contributed by atoms with Gasteiger partial charge in [0.1, 0.15) is 0 Å². The SMILES string of the molecule is CNC1c2ccccc2CSc2ccccc21.